The van der Waals surface area contributed by atoms with Gasteiger partial charge >= 0.3 is 6.03 Å². The van der Waals surface area contributed by atoms with Gasteiger partial charge in [0.15, 0.2) is 0 Å². The fourth-order valence-electron chi connectivity index (χ4n) is 2.42. The van der Waals surface area contributed by atoms with Crippen LogP contribution in [0.5, 0.6) is 0 Å². The van der Waals surface area contributed by atoms with Gasteiger partial charge in [0, 0.05) is 17.3 Å². The van der Waals surface area contributed by atoms with Crippen LogP contribution in [0.4, 0.5) is 16.2 Å². The van der Waals surface area contributed by atoms with Crippen LogP contribution in [0.3, 0.4) is 0 Å². The summed E-state index contributed by atoms with van der Waals surface area (Å²) in [7, 11) is 0. The Bertz CT molecular complexity index is 1010. The van der Waals surface area contributed by atoms with Crippen molar-refractivity contribution >= 4 is 62.3 Å². The molecule has 24 heavy (non-hydrogen) atoms. The molecule has 0 fully saturated rings. The topological polar surface area (TPSA) is 66.9 Å². The SMILES string of the molecule is Cl.O=C(Nc1ccc2ncsc2c1)Nc1ccnc2ccccc12. The molecule has 0 spiro atoms. The van der Waals surface area contributed by atoms with Gasteiger partial charge in [-0.25, -0.2) is 9.78 Å². The van der Waals surface area contributed by atoms with E-state index in [2.05, 4.69) is 20.6 Å². The Morgan fingerprint density at radius 3 is 2.75 bits per heavy atom. The van der Waals surface area contributed by atoms with Gasteiger partial charge in [-0.2, -0.15) is 0 Å². The Kier molecular flexibility index (Phi) is 4.59. The van der Waals surface area contributed by atoms with E-state index in [9.17, 15) is 4.79 Å². The number of benzene rings is 2. The number of nitrogens with one attached hydrogen (secondary N) is 2. The molecule has 5 nitrogen and oxygen atoms in total. The van der Waals surface area contributed by atoms with E-state index in [1.807, 2.05) is 42.5 Å². The predicted molar refractivity (Wildman–Crippen MR) is 101 cm³/mol. The van der Waals surface area contributed by atoms with Crippen LogP contribution in [-0.4, -0.2) is 16.0 Å². The van der Waals surface area contributed by atoms with Gasteiger partial charge in [0.2, 0.25) is 0 Å². The molecule has 2 aromatic carbocycles. The third-order valence-corrected chi connectivity index (χ3v) is 4.28. The summed E-state index contributed by atoms with van der Waals surface area (Å²) >= 11 is 1.54. The van der Waals surface area contributed by atoms with Crippen molar-refractivity contribution in [2.45, 2.75) is 0 Å². The van der Waals surface area contributed by atoms with Crippen LogP contribution in [0.25, 0.3) is 21.1 Å². The highest BCUT2D eigenvalue weighted by Gasteiger charge is 2.07. The van der Waals surface area contributed by atoms with E-state index in [4.69, 9.17) is 0 Å². The van der Waals surface area contributed by atoms with E-state index in [0.717, 1.165) is 32.5 Å². The fraction of sp³-hybridized carbons (Fsp3) is 0. The zero-order chi connectivity index (χ0) is 15.6. The number of hydrogen-bond acceptors (Lipinski definition) is 4. The van der Waals surface area contributed by atoms with E-state index in [-0.39, 0.29) is 18.4 Å². The molecule has 2 aromatic heterocycles. The van der Waals surface area contributed by atoms with Crippen molar-refractivity contribution in [3.8, 4) is 0 Å². The third kappa shape index (κ3) is 3.15. The molecule has 0 aliphatic heterocycles. The second kappa shape index (κ2) is 6.82. The van der Waals surface area contributed by atoms with Crippen molar-refractivity contribution < 1.29 is 4.79 Å². The molecule has 4 rings (SSSR count). The average Bonchev–Trinajstić information content (AvgIpc) is 3.03. The minimum Gasteiger partial charge on any atom is -0.308 e. The largest absolute Gasteiger partial charge is 0.323 e. The Labute approximate surface area is 148 Å². The van der Waals surface area contributed by atoms with Crippen molar-refractivity contribution in [2.24, 2.45) is 0 Å². The summed E-state index contributed by atoms with van der Waals surface area (Å²) in [4.78, 5) is 20.8. The molecule has 0 radical (unpaired) electrons. The number of para-hydroxylation sites is 1. The molecule has 7 heteroatoms. The van der Waals surface area contributed by atoms with Crippen molar-refractivity contribution in [3.63, 3.8) is 0 Å². The zero-order valence-electron chi connectivity index (χ0n) is 12.4. The lowest BCUT2D eigenvalue weighted by Crippen LogP contribution is -2.19. The number of nitrogens with zero attached hydrogens (tertiary/aromatic N) is 2. The van der Waals surface area contributed by atoms with Gasteiger partial charge in [0.05, 0.1) is 26.9 Å². The second-order valence-electron chi connectivity index (χ2n) is 4.99. The normalized spacial score (nSPS) is 10.3. The Morgan fingerprint density at radius 1 is 0.958 bits per heavy atom. The molecular weight excluding hydrogens is 344 g/mol. The monoisotopic (exact) mass is 356 g/mol. The average molecular weight is 357 g/mol. The maximum atomic E-state index is 12.2. The molecule has 120 valence electrons. The van der Waals surface area contributed by atoms with E-state index >= 15 is 0 Å². The standard InChI is InChI=1S/C17H12N4OS.ClH/c22-17(20-11-5-6-15-16(9-11)23-10-19-15)21-14-7-8-18-13-4-2-1-3-12(13)14;/h1-10H,(H2,18,20,21,22);1H. The van der Waals surface area contributed by atoms with E-state index in [1.54, 1.807) is 29.1 Å². The van der Waals surface area contributed by atoms with Crippen LogP contribution in [0.15, 0.2) is 60.2 Å². The minimum absolute atomic E-state index is 0. The molecule has 2 amide bonds. The number of aromatic nitrogens is 2. The first-order valence-corrected chi connectivity index (χ1v) is 7.92. The molecule has 4 aromatic rings. The van der Waals surface area contributed by atoms with Gasteiger partial charge in [-0.3, -0.25) is 4.98 Å². The number of urea groups is 1. The molecular formula is C17H13ClN4OS. The molecule has 0 unspecified atom stereocenters. The highest BCUT2D eigenvalue weighted by molar-refractivity contribution is 7.16. The number of thiazole rings is 1. The first-order valence-electron chi connectivity index (χ1n) is 7.04. The number of halogens is 1. The molecule has 0 aliphatic rings. The van der Waals surface area contributed by atoms with Crippen LogP contribution in [0.2, 0.25) is 0 Å². The summed E-state index contributed by atoms with van der Waals surface area (Å²) in [5.74, 6) is 0. The number of rotatable bonds is 2. The first kappa shape index (κ1) is 16.2. The molecule has 2 N–H and O–H groups in total. The molecule has 0 saturated carbocycles. The maximum Gasteiger partial charge on any atom is 0.323 e. The smallest absolute Gasteiger partial charge is 0.308 e. The molecule has 0 bridgehead atoms. The van der Waals surface area contributed by atoms with Crippen LogP contribution >= 0.6 is 23.7 Å². The van der Waals surface area contributed by atoms with Crippen molar-refractivity contribution in [1.82, 2.24) is 9.97 Å². The summed E-state index contributed by atoms with van der Waals surface area (Å²) < 4.78 is 1.04. The van der Waals surface area contributed by atoms with E-state index < -0.39 is 0 Å². The summed E-state index contributed by atoms with van der Waals surface area (Å²) in [6.07, 6.45) is 1.68. The Morgan fingerprint density at radius 2 is 1.83 bits per heavy atom. The maximum absolute atomic E-state index is 12.2. The number of carbonyl (C=O) groups excluding carboxylic acids is 1. The number of amides is 2. The molecule has 0 aliphatic carbocycles. The van der Waals surface area contributed by atoms with Crippen LogP contribution in [0, 0.1) is 0 Å². The summed E-state index contributed by atoms with van der Waals surface area (Å²) in [5, 5.41) is 6.62. The van der Waals surface area contributed by atoms with Gasteiger partial charge in [0.1, 0.15) is 0 Å². The molecule has 0 saturated heterocycles. The second-order valence-corrected chi connectivity index (χ2v) is 5.88. The highest BCUT2D eigenvalue weighted by Crippen LogP contribution is 2.23. The van der Waals surface area contributed by atoms with Crippen molar-refractivity contribution in [2.75, 3.05) is 10.6 Å². The van der Waals surface area contributed by atoms with E-state index in [0.29, 0.717) is 0 Å². The van der Waals surface area contributed by atoms with Gasteiger partial charge in [-0.15, -0.1) is 23.7 Å². The van der Waals surface area contributed by atoms with Gasteiger partial charge < -0.3 is 10.6 Å². The van der Waals surface area contributed by atoms with Crippen LogP contribution in [-0.2, 0) is 0 Å². The van der Waals surface area contributed by atoms with Crippen molar-refractivity contribution in [1.29, 1.82) is 0 Å². The molecule has 0 atom stereocenters. The van der Waals surface area contributed by atoms with Gasteiger partial charge in [0.25, 0.3) is 0 Å². The molecule has 2 heterocycles. The van der Waals surface area contributed by atoms with Gasteiger partial charge in [-0.1, -0.05) is 18.2 Å². The lowest BCUT2D eigenvalue weighted by molar-refractivity contribution is 0.262. The Balaban J connectivity index is 0.00000169. The third-order valence-electron chi connectivity index (χ3n) is 3.49. The van der Waals surface area contributed by atoms with Crippen molar-refractivity contribution in [3.05, 3.63) is 60.2 Å². The van der Waals surface area contributed by atoms with E-state index in [1.165, 1.54) is 0 Å². The quantitative estimate of drug-likeness (QED) is 0.536. The highest BCUT2D eigenvalue weighted by atomic mass is 35.5. The van der Waals surface area contributed by atoms with Crippen LogP contribution < -0.4 is 10.6 Å². The number of carbonyl (C=O) groups is 1. The minimum atomic E-state index is -0.287. The Hall–Kier alpha value is -2.70. The first-order chi connectivity index (χ1) is 11.3. The van der Waals surface area contributed by atoms with Gasteiger partial charge in [-0.05, 0) is 30.3 Å². The lowest BCUT2D eigenvalue weighted by Gasteiger charge is -2.09. The summed E-state index contributed by atoms with van der Waals surface area (Å²) in [5.41, 5.74) is 5.03. The number of hydrogen-bond donors (Lipinski definition) is 2. The fourth-order valence-corrected chi connectivity index (χ4v) is 3.14. The summed E-state index contributed by atoms with van der Waals surface area (Å²) in [6.45, 7) is 0. The summed E-state index contributed by atoms with van der Waals surface area (Å²) in [6, 6.07) is 14.8. The number of anilines is 2. The van der Waals surface area contributed by atoms with Crippen LogP contribution in [0.1, 0.15) is 0 Å². The number of fused-ring (bicyclic) bond motifs is 2. The lowest BCUT2D eigenvalue weighted by atomic mass is 10.2. The predicted octanol–water partition coefficient (Wildman–Crippen LogP) is 4.91. The number of pyridine rings is 1. The zero-order valence-corrected chi connectivity index (χ0v) is 14.0.